The molecule has 0 rings (SSSR count). The van der Waals surface area contributed by atoms with Crippen LogP contribution in [0, 0.1) is 0 Å². The van der Waals surface area contributed by atoms with Crippen LogP contribution in [0.1, 0.15) is 20.8 Å². The Kier molecular flexibility index (Phi) is 6.29. The first-order chi connectivity index (χ1) is 5.97. The van der Waals surface area contributed by atoms with Gasteiger partial charge in [0, 0.05) is 25.2 Å². The van der Waals surface area contributed by atoms with E-state index in [0.717, 1.165) is 19.6 Å². The molecule has 0 saturated heterocycles. The number of rotatable bonds is 6. The summed E-state index contributed by atoms with van der Waals surface area (Å²) in [6, 6.07) is 0.857. The minimum absolute atomic E-state index is 0.268. The molecule has 2 atom stereocenters. The van der Waals surface area contributed by atoms with Gasteiger partial charge in [-0.25, -0.2) is 0 Å². The zero-order valence-electron chi connectivity index (χ0n) is 9.75. The van der Waals surface area contributed by atoms with Gasteiger partial charge in [0.15, 0.2) is 0 Å². The molecule has 0 aromatic carbocycles. The third kappa shape index (κ3) is 6.02. The first-order valence-corrected chi connectivity index (χ1v) is 5.11. The van der Waals surface area contributed by atoms with Gasteiger partial charge in [-0.1, -0.05) is 6.92 Å². The van der Waals surface area contributed by atoms with Crippen molar-refractivity contribution in [2.24, 2.45) is 5.73 Å². The second-order valence-electron chi connectivity index (χ2n) is 4.18. The van der Waals surface area contributed by atoms with Crippen molar-refractivity contribution >= 4 is 0 Å². The maximum Gasteiger partial charge on any atom is 0.0195 e. The maximum absolute atomic E-state index is 5.78. The molecule has 0 saturated carbocycles. The Balaban J connectivity index is 3.91. The van der Waals surface area contributed by atoms with Crippen molar-refractivity contribution in [3.63, 3.8) is 0 Å². The third-order valence-corrected chi connectivity index (χ3v) is 2.18. The molecule has 3 nitrogen and oxygen atoms in total. The molecule has 0 heterocycles. The Labute approximate surface area is 82.9 Å². The average molecular weight is 187 g/mol. The van der Waals surface area contributed by atoms with Crippen LogP contribution in [0.25, 0.3) is 0 Å². The predicted molar refractivity (Wildman–Crippen MR) is 58.9 cm³/mol. The SMILES string of the molecule is CCN(C[C@@H](C)N)C(C)CN(C)C. The molecular formula is C10H25N3. The van der Waals surface area contributed by atoms with E-state index >= 15 is 0 Å². The molecule has 0 spiro atoms. The van der Waals surface area contributed by atoms with Crippen LogP contribution in [0.5, 0.6) is 0 Å². The van der Waals surface area contributed by atoms with Crippen LogP contribution in [0.15, 0.2) is 0 Å². The highest BCUT2D eigenvalue weighted by Gasteiger charge is 2.13. The highest BCUT2D eigenvalue weighted by Crippen LogP contribution is 2.00. The molecule has 1 unspecified atom stereocenters. The van der Waals surface area contributed by atoms with Gasteiger partial charge in [-0.15, -0.1) is 0 Å². The summed E-state index contributed by atoms with van der Waals surface area (Å²) in [6.45, 7) is 9.67. The van der Waals surface area contributed by atoms with Gasteiger partial charge in [0.1, 0.15) is 0 Å². The first kappa shape index (κ1) is 12.9. The van der Waals surface area contributed by atoms with Gasteiger partial charge >= 0.3 is 0 Å². The predicted octanol–water partition coefficient (Wildman–Crippen LogP) is 0.606. The lowest BCUT2D eigenvalue weighted by atomic mass is 10.2. The molecule has 0 aliphatic carbocycles. The smallest absolute Gasteiger partial charge is 0.0195 e. The van der Waals surface area contributed by atoms with E-state index < -0.39 is 0 Å². The molecular weight excluding hydrogens is 162 g/mol. The van der Waals surface area contributed by atoms with Gasteiger partial charge < -0.3 is 10.6 Å². The zero-order valence-corrected chi connectivity index (χ0v) is 9.75. The maximum atomic E-state index is 5.78. The van der Waals surface area contributed by atoms with Crippen LogP contribution >= 0.6 is 0 Å². The van der Waals surface area contributed by atoms with Crippen molar-refractivity contribution in [1.29, 1.82) is 0 Å². The molecule has 0 amide bonds. The lowest BCUT2D eigenvalue weighted by molar-refractivity contribution is 0.175. The monoisotopic (exact) mass is 187 g/mol. The first-order valence-electron chi connectivity index (χ1n) is 5.11. The third-order valence-electron chi connectivity index (χ3n) is 2.18. The summed E-state index contributed by atoms with van der Waals surface area (Å²) in [5.74, 6) is 0. The standard InChI is InChI=1S/C10H25N3/c1-6-13(7-9(2)11)10(3)8-12(4)5/h9-10H,6-8,11H2,1-5H3/t9-,10?/m1/s1. The van der Waals surface area contributed by atoms with Crippen LogP contribution in [0.2, 0.25) is 0 Å². The van der Waals surface area contributed by atoms with Gasteiger partial charge in [0.25, 0.3) is 0 Å². The van der Waals surface area contributed by atoms with E-state index in [4.69, 9.17) is 5.73 Å². The van der Waals surface area contributed by atoms with Crippen LogP contribution in [0.4, 0.5) is 0 Å². The summed E-state index contributed by atoms with van der Waals surface area (Å²) >= 11 is 0. The topological polar surface area (TPSA) is 32.5 Å². The summed E-state index contributed by atoms with van der Waals surface area (Å²) < 4.78 is 0. The van der Waals surface area contributed by atoms with Gasteiger partial charge in [-0.3, -0.25) is 4.90 Å². The van der Waals surface area contributed by atoms with Crippen LogP contribution in [-0.2, 0) is 0 Å². The van der Waals surface area contributed by atoms with Crippen molar-refractivity contribution in [2.75, 3.05) is 33.7 Å². The Hall–Kier alpha value is -0.120. The second kappa shape index (κ2) is 6.35. The molecule has 0 radical (unpaired) electrons. The number of likely N-dealkylation sites (N-methyl/N-ethyl adjacent to an activating group) is 2. The number of nitrogens with zero attached hydrogens (tertiary/aromatic N) is 2. The Morgan fingerprint density at radius 2 is 1.69 bits per heavy atom. The Morgan fingerprint density at radius 1 is 1.15 bits per heavy atom. The minimum atomic E-state index is 0.268. The Bertz CT molecular complexity index is 123. The van der Waals surface area contributed by atoms with Gasteiger partial charge in [0.05, 0.1) is 0 Å². The molecule has 0 bridgehead atoms. The van der Waals surface area contributed by atoms with Gasteiger partial charge in [-0.05, 0) is 34.5 Å². The fourth-order valence-electron chi connectivity index (χ4n) is 1.63. The van der Waals surface area contributed by atoms with E-state index in [9.17, 15) is 0 Å². The average Bonchev–Trinajstić information content (AvgIpc) is 1.98. The van der Waals surface area contributed by atoms with Crippen LogP contribution < -0.4 is 5.73 Å². The lowest BCUT2D eigenvalue weighted by Crippen LogP contribution is -2.45. The zero-order chi connectivity index (χ0) is 10.4. The quantitative estimate of drug-likeness (QED) is 0.661. The molecule has 3 heteroatoms. The van der Waals surface area contributed by atoms with Crippen molar-refractivity contribution in [3.05, 3.63) is 0 Å². The lowest BCUT2D eigenvalue weighted by Gasteiger charge is -2.31. The van der Waals surface area contributed by atoms with E-state index in [1.54, 1.807) is 0 Å². The fourth-order valence-corrected chi connectivity index (χ4v) is 1.63. The van der Waals surface area contributed by atoms with Crippen molar-refractivity contribution < 1.29 is 0 Å². The number of hydrogen-bond donors (Lipinski definition) is 1. The second-order valence-corrected chi connectivity index (χ2v) is 4.18. The van der Waals surface area contributed by atoms with E-state index in [2.05, 4.69) is 44.7 Å². The van der Waals surface area contributed by atoms with Crippen molar-refractivity contribution in [3.8, 4) is 0 Å². The number of hydrogen-bond acceptors (Lipinski definition) is 3. The van der Waals surface area contributed by atoms with E-state index in [0.29, 0.717) is 6.04 Å². The molecule has 0 aromatic heterocycles. The van der Waals surface area contributed by atoms with Crippen LogP contribution in [-0.4, -0.2) is 55.6 Å². The van der Waals surface area contributed by atoms with Gasteiger partial charge in [-0.2, -0.15) is 0 Å². The molecule has 0 fully saturated rings. The summed E-state index contributed by atoms with van der Waals surface area (Å²) in [5.41, 5.74) is 5.78. The summed E-state index contributed by atoms with van der Waals surface area (Å²) in [7, 11) is 4.21. The fraction of sp³-hybridized carbons (Fsp3) is 1.00. The molecule has 13 heavy (non-hydrogen) atoms. The molecule has 0 aliphatic heterocycles. The highest BCUT2D eigenvalue weighted by molar-refractivity contribution is 4.71. The number of nitrogens with two attached hydrogens (primary N) is 1. The Morgan fingerprint density at radius 3 is 2.00 bits per heavy atom. The minimum Gasteiger partial charge on any atom is -0.327 e. The van der Waals surface area contributed by atoms with E-state index in [1.807, 2.05) is 0 Å². The molecule has 0 aromatic rings. The van der Waals surface area contributed by atoms with Crippen molar-refractivity contribution in [1.82, 2.24) is 9.80 Å². The largest absolute Gasteiger partial charge is 0.327 e. The molecule has 2 N–H and O–H groups in total. The van der Waals surface area contributed by atoms with Crippen molar-refractivity contribution in [2.45, 2.75) is 32.9 Å². The molecule has 0 aliphatic rings. The summed E-state index contributed by atoms with van der Waals surface area (Å²) in [4.78, 5) is 4.64. The van der Waals surface area contributed by atoms with E-state index in [-0.39, 0.29) is 6.04 Å². The summed E-state index contributed by atoms with van der Waals surface area (Å²) in [6.07, 6.45) is 0. The van der Waals surface area contributed by atoms with Gasteiger partial charge in [0.2, 0.25) is 0 Å². The van der Waals surface area contributed by atoms with Crippen LogP contribution in [0.3, 0.4) is 0 Å². The molecule has 80 valence electrons. The normalized spacial score (nSPS) is 16.6. The van der Waals surface area contributed by atoms with E-state index in [1.165, 1.54) is 0 Å². The summed E-state index contributed by atoms with van der Waals surface area (Å²) in [5, 5.41) is 0. The highest BCUT2D eigenvalue weighted by atomic mass is 15.2.